The van der Waals surface area contributed by atoms with Gasteiger partial charge in [-0.3, -0.25) is 0 Å². The molecular weight excluding hydrogens is 299 g/mol. The Morgan fingerprint density at radius 1 is 1.10 bits per heavy atom. The Balaban J connectivity index is 1.83. The predicted octanol–water partition coefficient (Wildman–Crippen LogP) is 4.55. The third kappa shape index (κ3) is 5.06. The van der Waals surface area contributed by atoms with Gasteiger partial charge in [0.2, 0.25) is 0 Å². The fourth-order valence-corrected chi connectivity index (χ4v) is 2.90. The van der Waals surface area contributed by atoms with E-state index in [0.717, 1.165) is 12.1 Å². The van der Waals surface area contributed by atoms with E-state index in [1.165, 1.54) is 27.5 Å². The van der Waals surface area contributed by atoms with Gasteiger partial charge in [-0.05, 0) is 43.2 Å². The number of halogens is 3. The van der Waals surface area contributed by atoms with Crippen molar-refractivity contribution in [3.63, 3.8) is 0 Å². The van der Waals surface area contributed by atoms with Gasteiger partial charge in [0.15, 0.2) is 0 Å². The topological polar surface area (TPSA) is 21.3 Å². The van der Waals surface area contributed by atoms with E-state index in [1.54, 1.807) is 23.5 Å². The van der Waals surface area contributed by atoms with Crippen molar-refractivity contribution in [1.82, 2.24) is 5.32 Å². The smallest absolute Gasteiger partial charge is 0.406 e. The van der Waals surface area contributed by atoms with Crippen LogP contribution in [0.2, 0.25) is 0 Å². The molecule has 0 aliphatic rings. The van der Waals surface area contributed by atoms with E-state index in [0.29, 0.717) is 6.54 Å². The largest absolute Gasteiger partial charge is 0.573 e. The summed E-state index contributed by atoms with van der Waals surface area (Å²) in [6.07, 6.45) is -4.64. The Morgan fingerprint density at radius 3 is 2.29 bits per heavy atom. The van der Waals surface area contributed by atoms with Crippen molar-refractivity contribution in [3.8, 4) is 5.75 Å². The van der Waals surface area contributed by atoms with Gasteiger partial charge in [-0.1, -0.05) is 12.1 Å². The van der Waals surface area contributed by atoms with Gasteiger partial charge in [0, 0.05) is 22.8 Å². The second-order valence-corrected chi connectivity index (χ2v) is 6.09. The molecule has 0 aliphatic carbocycles. The molecule has 0 amide bonds. The number of thiophene rings is 1. The minimum absolute atomic E-state index is 0.198. The summed E-state index contributed by atoms with van der Waals surface area (Å²) in [5.74, 6) is -0.198. The van der Waals surface area contributed by atoms with Crippen LogP contribution in [0.15, 0.2) is 30.3 Å². The second kappa shape index (κ2) is 6.49. The molecule has 0 unspecified atom stereocenters. The third-order valence-electron chi connectivity index (χ3n) is 3.00. The molecule has 0 aliphatic heterocycles. The summed E-state index contributed by atoms with van der Waals surface area (Å²) < 4.78 is 39.9. The molecule has 0 fully saturated rings. The first-order chi connectivity index (χ1) is 9.83. The molecule has 1 aromatic heterocycles. The molecule has 2 aromatic rings. The molecule has 6 heteroatoms. The Kier molecular flexibility index (Phi) is 4.90. The van der Waals surface area contributed by atoms with Crippen molar-refractivity contribution in [2.24, 2.45) is 0 Å². The van der Waals surface area contributed by atoms with Crippen LogP contribution in [0.1, 0.15) is 20.9 Å². The lowest BCUT2D eigenvalue weighted by Gasteiger charge is -2.09. The van der Waals surface area contributed by atoms with Crippen LogP contribution in [0.5, 0.6) is 5.75 Å². The Hall–Kier alpha value is -1.53. The molecule has 1 aromatic carbocycles. The van der Waals surface area contributed by atoms with Gasteiger partial charge < -0.3 is 10.1 Å². The first kappa shape index (κ1) is 15.9. The molecule has 0 radical (unpaired) electrons. The van der Waals surface area contributed by atoms with Gasteiger partial charge in [0.05, 0.1) is 0 Å². The van der Waals surface area contributed by atoms with Gasteiger partial charge in [0.1, 0.15) is 5.75 Å². The van der Waals surface area contributed by atoms with E-state index in [9.17, 15) is 13.2 Å². The summed E-state index contributed by atoms with van der Waals surface area (Å²) in [7, 11) is 0. The van der Waals surface area contributed by atoms with Gasteiger partial charge >= 0.3 is 6.36 Å². The quantitative estimate of drug-likeness (QED) is 0.874. The van der Waals surface area contributed by atoms with Crippen LogP contribution in [0.4, 0.5) is 13.2 Å². The molecule has 1 heterocycles. The van der Waals surface area contributed by atoms with Crippen molar-refractivity contribution in [2.45, 2.75) is 33.3 Å². The highest BCUT2D eigenvalue weighted by molar-refractivity contribution is 7.12. The highest BCUT2D eigenvalue weighted by Crippen LogP contribution is 2.23. The van der Waals surface area contributed by atoms with Crippen molar-refractivity contribution < 1.29 is 17.9 Å². The molecule has 21 heavy (non-hydrogen) atoms. The van der Waals surface area contributed by atoms with Crippen LogP contribution >= 0.6 is 11.3 Å². The number of hydrogen-bond acceptors (Lipinski definition) is 3. The molecule has 2 rings (SSSR count). The molecular formula is C15H16F3NOS. The van der Waals surface area contributed by atoms with Crippen LogP contribution in [-0.4, -0.2) is 6.36 Å². The average molecular weight is 315 g/mol. The molecule has 0 saturated heterocycles. The van der Waals surface area contributed by atoms with Gasteiger partial charge in [0.25, 0.3) is 0 Å². The summed E-state index contributed by atoms with van der Waals surface area (Å²) in [6.45, 7) is 5.51. The Bertz CT molecular complexity index is 570. The summed E-state index contributed by atoms with van der Waals surface area (Å²) >= 11 is 1.75. The van der Waals surface area contributed by atoms with E-state index >= 15 is 0 Å². The number of nitrogens with one attached hydrogen (secondary N) is 1. The number of hydrogen-bond donors (Lipinski definition) is 1. The predicted molar refractivity (Wildman–Crippen MR) is 77.5 cm³/mol. The van der Waals surface area contributed by atoms with Gasteiger partial charge in [-0.25, -0.2) is 0 Å². The first-order valence-electron chi connectivity index (χ1n) is 6.45. The van der Waals surface area contributed by atoms with E-state index in [4.69, 9.17) is 0 Å². The first-order valence-corrected chi connectivity index (χ1v) is 7.26. The van der Waals surface area contributed by atoms with Crippen molar-refractivity contribution >= 4 is 11.3 Å². The maximum Gasteiger partial charge on any atom is 0.573 e. The summed E-state index contributed by atoms with van der Waals surface area (Å²) in [5, 5.41) is 3.27. The van der Waals surface area contributed by atoms with Crippen LogP contribution < -0.4 is 10.1 Å². The zero-order chi connectivity index (χ0) is 15.5. The molecule has 114 valence electrons. The number of ether oxygens (including phenoxy) is 1. The average Bonchev–Trinajstić information content (AvgIpc) is 2.69. The zero-order valence-corrected chi connectivity index (χ0v) is 12.6. The van der Waals surface area contributed by atoms with E-state index in [-0.39, 0.29) is 5.75 Å². The second-order valence-electron chi connectivity index (χ2n) is 4.75. The van der Waals surface area contributed by atoms with E-state index in [1.807, 2.05) is 0 Å². The molecule has 0 bridgehead atoms. The van der Waals surface area contributed by atoms with Crippen molar-refractivity contribution in [1.29, 1.82) is 0 Å². The Labute approximate surface area is 125 Å². The monoisotopic (exact) mass is 315 g/mol. The fraction of sp³-hybridized carbons (Fsp3) is 0.333. The molecule has 0 atom stereocenters. The maximum absolute atomic E-state index is 12.0. The number of benzene rings is 1. The van der Waals surface area contributed by atoms with E-state index < -0.39 is 6.36 Å². The third-order valence-corrected chi connectivity index (χ3v) is 4.15. The fourth-order valence-electron chi connectivity index (χ4n) is 1.88. The highest BCUT2D eigenvalue weighted by atomic mass is 32.1. The molecule has 0 saturated carbocycles. The summed E-state index contributed by atoms with van der Waals surface area (Å²) in [5.41, 5.74) is 2.19. The number of rotatable bonds is 5. The minimum atomic E-state index is -4.64. The molecule has 2 nitrogen and oxygen atoms in total. The van der Waals surface area contributed by atoms with Crippen LogP contribution in [0.3, 0.4) is 0 Å². The Morgan fingerprint density at radius 2 is 1.76 bits per heavy atom. The van der Waals surface area contributed by atoms with Gasteiger partial charge in [-0.2, -0.15) is 0 Å². The van der Waals surface area contributed by atoms with Gasteiger partial charge in [-0.15, -0.1) is 24.5 Å². The lowest BCUT2D eigenvalue weighted by molar-refractivity contribution is -0.274. The van der Waals surface area contributed by atoms with Crippen molar-refractivity contribution in [3.05, 3.63) is 51.2 Å². The lowest BCUT2D eigenvalue weighted by Crippen LogP contribution is -2.17. The van der Waals surface area contributed by atoms with Crippen LogP contribution in [0, 0.1) is 13.8 Å². The standard InChI is InChI=1S/C15H16F3NOS/c1-10-7-14(21-11(10)2)9-19-8-12-3-5-13(6-4-12)20-15(16,17)18/h3-7,19H,8-9H2,1-2H3. The zero-order valence-electron chi connectivity index (χ0n) is 11.8. The van der Waals surface area contributed by atoms with Crippen LogP contribution in [0.25, 0.3) is 0 Å². The number of alkyl halides is 3. The number of aryl methyl sites for hydroxylation is 2. The summed E-state index contributed by atoms with van der Waals surface area (Å²) in [4.78, 5) is 2.56. The minimum Gasteiger partial charge on any atom is -0.406 e. The summed E-state index contributed by atoms with van der Waals surface area (Å²) in [6, 6.07) is 8.04. The van der Waals surface area contributed by atoms with Crippen LogP contribution in [-0.2, 0) is 13.1 Å². The maximum atomic E-state index is 12.0. The van der Waals surface area contributed by atoms with E-state index in [2.05, 4.69) is 30.0 Å². The normalized spacial score (nSPS) is 11.7. The highest BCUT2D eigenvalue weighted by Gasteiger charge is 2.30. The van der Waals surface area contributed by atoms with Crippen molar-refractivity contribution in [2.75, 3.05) is 0 Å². The molecule has 0 spiro atoms. The SMILES string of the molecule is Cc1cc(CNCc2ccc(OC(F)(F)F)cc2)sc1C. The lowest BCUT2D eigenvalue weighted by atomic mass is 10.2. The molecule has 1 N–H and O–H groups in total.